The zero-order valence-electron chi connectivity index (χ0n) is 9.77. The van der Waals surface area contributed by atoms with E-state index in [1.807, 2.05) is 0 Å². The molecule has 0 spiro atoms. The molecule has 0 aliphatic heterocycles. The van der Waals surface area contributed by atoms with Crippen LogP contribution in [0.5, 0.6) is 0 Å². The molecule has 0 radical (unpaired) electrons. The van der Waals surface area contributed by atoms with Crippen LogP contribution in [-0.4, -0.2) is 0 Å². The normalized spacial score (nSPS) is 32.3. The maximum atomic E-state index is 2.38. The lowest BCUT2D eigenvalue weighted by Crippen LogP contribution is -2.11. The van der Waals surface area contributed by atoms with Crippen molar-refractivity contribution in [1.29, 1.82) is 0 Å². The Hall–Kier alpha value is -1.30. The second-order valence-corrected chi connectivity index (χ2v) is 5.21. The molecule has 0 heterocycles. The lowest BCUT2D eigenvalue weighted by atomic mass is 9.79. The quantitative estimate of drug-likeness (QED) is 0.648. The molecule has 1 aromatic rings. The molecule has 3 atom stereocenters. The topological polar surface area (TPSA) is 0 Å². The summed E-state index contributed by atoms with van der Waals surface area (Å²) < 4.78 is 0. The molecule has 0 heteroatoms. The van der Waals surface area contributed by atoms with Gasteiger partial charge in [-0.15, -0.1) is 0 Å². The Morgan fingerprint density at radius 1 is 1.12 bits per heavy atom. The first kappa shape index (κ1) is 9.89. The number of hydrogen-bond donors (Lipinski definition) is 0. The first-order chi connectivity index (χ1) is 7.84. The van der Waals surface area contributed by atoms with Gasteiger partial charge in [-0.1, -0.05) is 61.1 Å². The van der Waals surface area contributed by atoms with Crippen molar-refractivity contribution in [3.8, 4) is 0 Å². The smallest absolute Gasteiger partial charge is 0.00868 e. The van der Waals surface area contributed by atoms with Gasteiger partial charge in [-0.3, -0.25) is 0 Å². The molecule has 0 N–H and O–H groups in total. The number of fused-ring (bicyclic) bond motifs is 1. The number of hydrogen-bond acceptors (Lipinski definition) is 0. The Bertz CT molecular complexity index is 425. The molecule has 0 aromatic heterocycles. The molecular weight excluding hydrogens is 192 g/mol. The number of allylic oxidation sites excluding steroid dienone is 4. The number of rotatable bonds is 1. The van der Waals surface area contributed by atoms with E-state index < -0.39 is 0 Å². The average Bonchev–Trinajstić information content (AvgIpc) is 2.70. The van der Waals surface area contributed by atoms with Crippen molar-refractivity contribution in [3.05, 3.63) is 59.7 Å². The molecule has 2 aliphatic carbocycles. The summed E-state index contributed by atoms with van der Waals surface area (Å²) in [5, 5.41) is 0. The first-order valence-corrected chi connectivity index (χ1v) is 6.27. The molecule has 0 amide bonds. The molecule has 3 unspecified atom stereocenters. The van der Waals surface area contributed by atoms with E-state index in [0.29, 0.717) is 5.92 Å². The highest BCUT2D eigenvalue weighted by molar-refractivity contribution is 5.36. The summed E-state index contributed by atoms with van der Waals surface area (Å²) in [6.45, 7) is 2.38. The maximum Gasteiger partial charge on any atom is 0.00868 e. The van der Waals surface area contributed by atoms with Gasteiger partial charge in [-0.2, -0.15) is 0 Å². The van der Waals surface area contributed by atoms with Crippen molar-refractivity contribution in [2.45, 2.75) is 25.7 Å². The van der Waals surface area contributed by atoms with Crippen molar-refractivity contribution in [1.82, 2.24) is 0 Å². The highest BCUT2D eigenvalue weighted by Crippen LogP contribution is 2.46. The van der Waals surface area contributed by atoms with Crippen LogP contribution in [0.3, 0.4) is 0 Å². The second-order valence-electron chi connectivity index (χ2n) is 5.21. The summed E-state index contributed by atoms with van der Waals surface area (Å²) in [5.74, 6) is 2.25. The van der Waals surface area contributed by atoms with Crippen LogP contribution < -0.4 is 0 Å². The molecule has 0 bridgehead atoms. The Morgan fingerprint density at radius 3 is 2.75 bits per heavy atom. The second kappa shape index (κ2) is 3.93. The predicted octanol–water partition coefficient (Wildman–Crippen LogP) is 4.31. The van der Waals surface area contributed by atoms with Crippen molar-refractivity contribution in [3.63, 3.8) is 0 Å². The fourth-order valence-corrected chi connectivity index (χ4v) is 3.24. The maximum absolute atomic E-state index is 2.38. The summed E-state index contributed by atoms with van der Waals surface area (Å²) in [4.78, 5) is 0. The monoisotopic (exact) mass is 210 g/mol. The number of benzene rings is 1. The van der Waals surface area contributed by atoms with Gasteiger partial charge in [0.2, 0.25) is 0 Å². The van der Waals surface area contributed by atoms with Gasteiger partial charge in [-0.25, -0.2) is 0 Å². The summed E-state index contributed by atoms with van der Waals surface area (Å²) in [6.07, 6.45) is 9.63. The molecule has 0 nitrogen and oxygen atoms in total. The Labute approximate surface area is 97.7 Å². The van der Waals surface area contributed by atoms with E-state index in [4.69, 9.17) is 0 Å². The van der Waals surface area contributed by atoms with Crippen molar-refractivity contribution in [2.75, 3.05) is 0 Å². The van der Waals surface area contributed by atoms with E-state index in [-0.39, 0.29) is 0 Å². The van der Waals surface area contributed by atoms with Gasteiger partial charge in [0.05, 0.1) is 0 Å². The van der Waals surface area contributed by atoms with Crippen LogP contribution in [-0.2, 0) is 0 Å². The fourth-order valence-electron chi connectivity index (χ4n) is 3.24. The van der Waals surface area contributed by atoms with Crippen LogP contribution in [0.4, 0.5) is 0 Å². The molecule has 1 saturated carbocycles. The van der Waals surface area contributed by atoms with E-state index in [0.717, 1.165) is 11.8 Å². The summed E-state index contributed by atoms with van der Waals surface area (Å²) in [7, 11) is 0. The SMILES string of the molecule is CC1CC2=CC=CC(c3ccccc3)C2C1. The molecule has 82 valence electrons. The van der Waals surface area contributed by atoms with E-state index >= 15 is 0 Å². The average molecular weight is 210 g/mol. The first-order valence-electron chi connectivity index (χ1n) is 6.27. The highest BCUT2D eigenvalue weighted by atomic mass is 14.4. The van der Waals surface area contributed by atoms with E-state index in [1.165, 1.54) is 18.4 Å². The Morgan fingerprint density at radius 2 is 1.94 bits per heavy atom. The molecule has 0 saturated heterocycles. The minimum absolute atomic E-state index is 0.617. The van der Waals surface area contributed by atoms with Crippen LogP contribution in [0.2, 0.25) is 0 Å². The summed E-state index contributed by atoms with van der Waals surface area (Å²) in [5.41, 5.74) is 3.15. The third-order valence-electron chi connectivity index (χ3n) is 3.96. The van der Waals surface area contributed by atoms with E-state index in [9.17, 15) is 0 Å². The van der Waals surface area contributed by atoms with Crippen molar-refractivity contribution < 1.29 is 0 Å². The van der Waals surface area contributed by atoms with Gasteiger partial charge in [-0.05, 0) is 30.2 Å². The van der Waals surface area contributed by atoms with Crippen LogP contribution in [0, 0.1) is 11.8 Å². The van der Waals surface area contributed by atoms with Crippen molar-refractivity contribution in [2.24, 2.45) is 11.8 Å². The van der Waals surface area contributed by atoms with Gasteiger partial charge in [0, 0.05) is 5.92 Å². The van der Waals surface area contributed by atoms with Gasteiger partial charge in [0.15, 0.2) is 0 Å². The lowest BCUT2D eigenvalue weighted by molar-refractivity contribution is 0.500. The van der Waals surface area contributed by atoms with Crippen molar-refractivity contribution >= 4 is 0 Å². The van der Waals surface area contributed by atoms with Crippen LogP contribution in [0.15, 0.2) is 54.1 Å². The van der Waals surface area contributed by atoms with Gasteiger partial charge in [0.25, 0.3) is 0 Å². The van der Waals surface area contributed by atoms with Crippen LogP contribution >= 0.6 is 0 Å². The fraction of sp³-hybridized carbons (Fsp3) is 0.375. The predicted molar refractivity (Wildman–Crippen MR) is 68.3 cm³/mol. The van der Waals surface area contributed by atoms with Gasteiger partial charge < -0.3 is 0 Å². The zero-order valence-corrected chi connectivity index (χ0v) is 9.77. The van der Waals surface area contributed by atoms with Crippen LogP contribution in [0.1, 0.15) is 31.2 Å². The molecule has 2 aliphatic rings. The molecular formula is C16H18. The minimum atomic E-state index is 0.617. The third kappa shape index (κ3) is 1.63. The largest absolute Gasteiger partial charge is 0.0764 e. The van der Waals surface area contributed by atoms with Gasteiger partial charge >= 0.3 is 0 Å². The zero-order chi connectivity index (χ0) is 11.0. The van der Waals surface area contributed by atoms with E-state index in [1.54, 1.807) is 5.57 Å². The third-order valence-corrected chi connectivity index (χ3v) is 3.96. The highest BCUT2D eigenvalue weighted by Gasteiger charge is 2.33. The van der Waals surface area contributed by atoms with Gasteiger partial charge in [0.1, 0.15) is 0 Å². The molecule has 3 rings (SSSR count). The Balaban J connectivity index is 1.93. The molecule has 16 heavy (non-hydrogen) atoms. The summed E-state index contributed by atoms with van der Waals surface area (Å²) in [6, 6.07) is 10.9. The molecule has 1 fully saturated rings. The molecule has 1 aromatic carbocycles. The van der Waals surface area contributed by atoms with E-state index in [2.05, 4.69) is 55.5 Å². The Kier molecular flexibility index (Phi) is 2.43. The standard InChI is InChI=1S/C16H18/c1-12-10-14-8-5-9-15(16(14)11-12)13-6-3-2-4-7-13/h2-9,12,15-16H,10-11H2,1H3. The summed E-state index contributed by atoms with van der Waals surface area (Å²) >= 11 is 0. The van der Waals surface area contributed by atoms with Crippen LogP contribution in [0.25, 0.3) is 0 Å². The minimum Gasteiger partial charge on any atom is -0.0764 e. The lowest BCUT2D eigenvalue weighted by Gasteiger charge is -2.25.